The van der Waals surface area contributed by atoms with Gasteiger partial charge in [0.25, 0.3) is 6.43 Å². The maximum Gasteiger partial charge on any atom is 0.261 e. The lowest BCUT2D eigenvalue weighted by molar-refractivity contribution is -0.0998. The normalized spacial score (nSPS) is 24.0. The van der Waals surface area contributed by atoms with Gasteiger partial charge in [-0.15, -0.1) is 0 Å². The van der Waals surface area contributed by atoms with Gasteiger partial charge in [-0.3, -0.25) is 0 Å². The third-order valence-electron chi connectivity index (χ3n) is 2.43. The molecule has 1 aliphatic heterocycles. The van der Waals surface area contributed by atoms with Crippen LogP contribution >= 0.6 is 0 Å². The Morgan fingerprint density at radius 1 is 1.44 bits per heavy atom. The maximum absolute atomic E-state index is 12.0. The largest absolute Gasteiger partial charge is 0.490 e. The van der Waals surface area contributed by atoms with Gasteiger partial charge in [0.1, 0.15) is 31.2 Å². The maximum atomic E-state index is 12.0. The summed E-state index contributed by atoms with van der Waals surface area (Å²) in [4.78, 5) is 0. The van der Waals surface area contributed by atoms with Crippen molar-refractivity contribution in [3.8, 4) is 5.75 Å². The molecule has 0 radical (unpaired) electrons. The van der Waals surface area contributed by atoms with E-state index < -0.39 is 25.2 Å². The van der Waals surface area contributed by atoms with E-state index in [0.29, 0.717) is 11.3 Å². The van der Waals surface area contributed by atoms with Crippen LogP contribution in [-0.4, -0.2) is 30.8 Å². The molecule has 1 N–H and O–H groups in total. The topological polar surface area (TPSA) is 38.7 Å². The molecular weight excluding hydrogens is 218 g/mol. The number of fused-ring (bicyclic) bond motifs is 1. The number of hydrogen-bond acceptors (Lipinski definition) is 3. The Balaban J connectivity index is 2.06. The van der Waals surface area contributed by atoms with E-state index in [4.69, 9.17) is 9.47 Å². The summed E-state index contributed by atoms with van der Waals surface area (Å²) in [5, 5.41) is 9.88. The predicted molar refractivity (Wildman–Crippen MR) is 52.6 cm³/mol. The number of hydrogen-bond donors (Lipinski definition) is 1. The third-order valence-corrected chi connectivity index (χ3v) is 2.43. The van der Waals surface area contributed by atoms with Gasteiger partial charge in [-0.25, -0.2) is 8.78 Å². The van der Waals surface area contributed by atoms with E-state index in [-0.39, 0.29) is 6.61 Å². The molecule has 0 aliphatic carbocycles. The average Bonchev–Trinajstić information content (AvgIpc) is 2.28. The van der Waals surface area contributed by atoms with Gasteiger partial charge in [0, 0.05) is 5.56 Å². The van der Waals surface area contributed by atoms with E-state index in [1.807, 2.05) is 0 Å². The summed E-state index contributed by atoms with van der Waals surface area (Å²) in [5.74, 6) is 0.576. The standard InChI is InChI=1S/C11H12F2O3/c12-10(13)6-16-9-5-15-8-4-2-1-3-7(8)11(9)14/h1-4,9-11,14H,5-6H2. The first-order chi connectivity index (χ1) is 7.68. The first-order valence-corrected chi connectivity index (χ1v) is 4.98. The Labute approximate surface area is 91.6 Å². The molecule has 5 heteroatoms. The number of aliphatic hydroxyl groups excluding tert-OH is 1. The quantitative estimate of drug-likeness (QED) is 0.859. The van der Waals surface area contributed by atoms with Crippen molar-refractivity contribution in [1.82, 2.24) is 0 Å². The molecular formula is C11H12F2O3. The van der Waals surface area contributed by atoms with E-state index in [2.05, 4.69) is 0 Å². The second-order valence-corrected chi connectivity index (χ2v) is 3.56. The van der Waals surface area contributed by atoms with E-state index in [1.165, 1.54) is 0 Å². The number of benzene rings is 1. The summed E-state index contributed by atoms with van der Waals surface area (Å²) in [6.45, 7) is -0.599. The van der Waals surface area contributed by atoms with Crippen LogP contribution in [0.25, 0.3) is 0 Å². The minimum absolute atomic E-state index is 0.0882. The monoisotopic (exact) mass is 230 g/mol. The fraction of sp³-hybridized carbons (Fsp3) is 0.455. The first kappa shape index (κ1) is 11.3. The Bertz CT molecular complexity index is 357. The van der Waals surface area contributed by atoms with Crippen molar-refractivity contribution in [1.29, 1.82) is 0 Å². The van der Waals surface area contributed by atoms with Crippen molar-refractivity contribution in [3.05, 3.63) is 29.8 Å². The van der Waals surface area contributed by atoms with Crippen molar-refractivity contribution >= 4 is 0 Å². The van der Waals surface area contributed by atoms with Crippen LogP contribution in [0, 0.1) is 0 Å². The zero-order chi connectivity index (χ0) is 11.5. The molecule has 2 rings (SSSR count). The van der Waals surface area contributed by atoms with Crippen LogP contribution in [0.3, 0.4) is 0 Å². The van der Waals surface area contributed by atoms with Crippen LogP contribution in [0.1, 0.15) is 11.7 Å². The van der Waals surface area contributed by atoms with Crippen LogP contribution in [0.4, 0.5) is 8.78 Å². The van der Waals surface area contributed by atoms with Crippen LogP contribution in [0.5, 0.6) is 5.75 Å². The second kappa shape index (κ2) is 4.76. The van der Waals surface area contributed by atoms with Gasteiger partial charge in [0.15, 0.2) is 0 Å². The highest BCUT2D eigenvalue weighted by atomic mass is 19.3. The van der Waals surface area contributed by atoms with Crippen LogP contribution in [-0.2, 0) is 4.74 Å². The van der Waals surface area contributed by atoms with Crippen LogP contribution in [0.15, 0.2) is 24.3 Å². The Hall–Kier alpha value is -1.20. The molecule has 0 bridgehead atoms. The molecule has 0 saturated heterocycles. The second-order valence-electron chi connectivity index (χ2n) is 3.56. The number of alkyl halides is 2. The zero-order valence-electron chi connectivity index (χ0n) is 8.48. The molecule has 0 spiro atoms. The Kier molecular flexibility index (Phi) is 3.36. The van der Waals surface area contributed by atoms with E-state index >= 15 is 0 Å². The molecule has 16 heavy (non-hydrogen) atoms. The third kappa shape index (κ3) is 2.31. The van der Waals surface area contributed by atoms with Gasteiger partial charge in [-0.1, -0.05) is 18.2 Å². The highest BCUT2D eigenvalue weighted by Gasteiger charge is 2.30. The smallest absolute Gasteiger partial charge is 0.261 e. The lowest BCUT2D eigenvalue weighted by atomic mass is 10.0. The molecule has 0 aromatic heterocycles. The van der Waals surface area contributed by atoms with Gasteiger partial charge in [-0.05, 0) is 6.07 Å². The average molecular weight is 230 g/mol. The van der Waals surface area contributed by atoms with E-state index in [9.17, 15) is 13.9 Å². The fourth-order valence-electron chi connectivity index (χ4n) is 1.66. The summed E-state index contributed by atoms with van der Waals surface area (Å²) in [5.41, 5.74) is 0.577. The summed E-state index contributed by atoms with van der Waals surface area (Å²) in [7, 11) is 0. The van der Waals surface area contributed by atoms with E-state index in [0.717, 1.165) is 0 Å². The summed E-state index contributed by atoms with van der Waals surface area (Å²) >= 11 is 0. The SMILES string of the molecule is OC1c2ccccc2OCC1OCC(F)F. The number of halogens is 2. The summed E-state index contributed by atoms with van der Waals surface area (Å²) < 4.78 is 34.1. The summed E-state index contributed by atoms with van der Waals surface area (Å²) in [6.07, 6.45) is -4.18. The van der Waals surface area contributed by atoms with Crippen molar-refractivity contribution in [2.45, 2.75) is 18.6 Å². The van der Waals surface area contributed by atoms with Gasteiger partial charge in [0.05, 0.1) is 0 Å². The zero-order valence-corrected chi connectivity index (χ0v) is 8.48. The van der Waals surface area contributed by atoms with Gasteiger partial charge in [0.2, 0.25) is 0 Å². The van der Waals surface area contributed by atoms with Crippen molar-refractivity contribution in [3.63, 3.8) is 0 Å². The molecule has 1 aliphatic rings. The Morgan fingerprint density at radius 2 is 2.19 bits per heavy atom. The lowest BCUT2D eigenvalue weighted by Gasteiger charge is -2.30. The molecule has 0 saturated carbocycles. The number of rotatable bonds is 3. The molecule has 88 valence electrons. The fourth-order valence-corrected chi connectivity index (χ4v) is 1.66. The summed E-state index contributed by atoms with van der Waals surface area (Å²) in [6, 6.07) is 6.95. The molecule has 2 atom stereocenters. The highest BCUT2D eigenvalue weighted by Crippen LogP contribution is 2.32. The minimum Gasteiger partial charge on any atom is -0.490 e. The predicted octanol–water partition coefficient (Wildman–Crippen LogP) is 1.76. The molecule has 0 amide bonds. The molecule has 1 heterocycles. The number of para-hydroxylation sites is 1. The molecule has 1 aromatic carbocycles. The van der Waals surface area contributed by atoms with Gasteiger partial charge < -0.3 is 14.6 Å². The van der Waals surface area contributed by atoms with Crippen molar-refractivity contribution in [2.75, 3.05) is 13.2 Å². The Morgan fingerprint density at radius 3 is 2.94 bits per heavy atom. The molecule has 2 unspecified atom stereocenters. The number of aliphatic hydroxyl groups is 1. The van der Waals surface area contributed by atoms with Crippen molar-refractivity contribution in [2.24, 2.45) is 0 Å². The van der Waals surface area contributed by atoms with Gasteiger partial charge >= 0.3 is 0 Å². The number of ether oxygens (including phenoxy) is 2. The van der Waals surface area contributed by atoms with Crippen LogP contribution < -0.4 is 4.74 Å². The first-order valence-electron chi connectivity index (χ1n) is 4.98. The van der Waals surface area contributed by atoms with Crippen molar-refractivity contribution < 1.29 is 23.4 Å². The molecule has 1 aromatic rings. The van der Waals surface area contributed by atoms with Gasteiger partial charge in [-0.2, -0.15) is 0 Å². The minimum atomic E-state index is -2.54. The molecule has 0 fully saturated rings. The van der Waals surface area contributed by atoms with E-state index in [1.54, 1.807) is 24.3 Å². The lowest BCUT2D eigenvalue weighted by Crippen LogP contribution is -2.34. The molecule has 3 nitrogen and oxygen atoms in total. The highest BCUT2D eigenvalue weighted by molar-refractivity contribution is 5.37. The van der Waals surface area contributed by atoms with Crippen LogP contribution in [0.2, 0.25) is 0 Å².